The Morgan fingerprint density at radius 3 is 2.47 bits per heavy atom. The molecule has 1 saturated heterocycles. The van der Waals surface area contributed by atoms with Gasteiger partial charge in [0.2, 0.25) is 11.8 Å². The number of likely N-dealkylation sites (tertiary alicyclic amines) is 1. The zero-order chi connectivity index (χ0) is 11.3. The van der Waals surface area contributed by atoms with Crippen LogP contribution < -0.4 is 5.32 Å². The number of nitrogens with zero attached hydrogens (tertiary/aromatic N) is 1. The van der Waals surface area contributed by atoms with Gasteiger partial charge in [0, 0.05) is 13.1 Å². The molecule has 86 valence electrons. The van der Waals surface area contributed by atoms with Gasteiger partial charge in [0.25, 0.3) is 0 Å². The third-order valence-corrected chi connectivity index (χ3v) is 2.78. The van der Waals surface area contributed by atoms with Crippen LogP contribution in [0.1, 0.15) is 26.2 Å². The molecule has 0 aromatic carbocycles. The molecule has 15 heavy (non-hydrogen) atoms. The van der Waals surface area contributed by atoms with Gasteiger partial charge in [0.15, 0.2) is 0 Å². The fraction of sp³-hybridized carbons (Fsp3) is 0.800. The van der Waals surface area contributed by atoms with E-state index in [1.165, 1.54) is 6.42 Å². The van der Waals surface area contributed by atoms with Crippen LogP contribution in [0.5, 0.6) is 0 Å². The first-order valence-electron chi connectivity index (χ1n) is 5.29. The average Bonchev–Trinajstić information content (AvgIpc) is 2.29. The Kier molecular flexibility index (Phi) is 4.88. The van der Waals surface area contributed by atoms with Gasteiger partial charge in [-0.15, -0.1) is 11.6 Å². The van der Waals surface area contributed by atoms with Gasteiger partial charge in [-0.1, -0.05) is 0 Å². The largest absolute Gasteiger partial charge is 0.344 e. The second kappa shape index (κ2) is 5.95. The van der Waals surface area contributed by atoms with Gasteiger partial charge in [-0.25, -0.2) is 0 Å². The van der Waals surface area contributed by atoms with E-state index < -0.39 is 6.04 Å². The van der Waals surface area contributed by atoms with Gasteiger partial charge < -0.3 is 10.2 Å². The van der Waals surface area contributed by atoms with Crippen LogP contribution in [-0.2, 0) is 9.59 Å². The number of rotatable bonds is 3. The normalized spacial score (nSPS) is 18.4. The summed E-state index contributed by atoms with van der Waals surface area (Å²) in [6, 6.07) is -0.464. The van der Waals surface area contributed by atoms with Crippen LogP contribution in [-0.4, -0.2) is 41.7 Å². The van der Waals surface area contributed by atoms with Crippen molar-refractivity contribution in [3.63, 3.8) is 0 Å². The molecule has 1 aliphatic rings. The summed E-state index contributed by atoms with van der Waals surface area (Å²) in [6.07, 6.45) is 3.30. The summed E-state index contributed by atoms with van der Waals surface area (Å²) in [7, 11) is 0. The van der Waals surface area contributed by atoms with Crippen molar-refractivity contribution >= 4 is 23.4 Å². The number of hydrogen-bond acceptors (Lipinski definition) is 2. The molecule has 5 heteroatoms. The van der Waals surface area contributed by atoms with E-state index in [1.807, 2.05) is 4.90 Å². The summed E-state index contributed by atoms with van der Waals surface area (Å²) in [4.78, 5) is 24.6. The number of piperidine rings is 1. The summed E-state index contributed by atoms with van der Waals surface area (Å²) in [5.41, 5.74) is 0. The summed E-state index contributed by atoms with van der Waals surface area (Å²) in [6.45, 7) is 3.31. The van der Waals surface area contributed by atoms with Gasteiger partial charge in [-0.05, 0) is 26.2 Å². The van der Waals surface area contributed by atoms with Crippen molar-refractivity contribution in [3.05, 3.63) is 0 Å². The van der Waals surface area contributed by atoms with E-state index in [2.05, 4.69) is 5.32 Å². The number of carbonyl (C=O) groups is 2. The molecule has 1 atom stereocenters. The first-order chi connectivity index (χ1) is 7.15. The van der Waals surface area contributed by atoms with Crippen LogP contribution in [0.15, 0.2) is 0 Å². The predicted molar refractivity (Wildman–Crippen MR) is 58.8 cm³/mol. The van der Waals surface area contributed by atoms with E-state index >= 15 is 0 Å². The standard InChI is InChI=1S/C10H17ClN2O2/c1-8(12-9(14)7-11)10(15)13-5-3-2-4-6-13/h8H,2-7H2,1H3,(H,12,14)/t8-/m0/s1. The molecule has 0 bridgehead atoms. The topological polar surface area (TPSA) is 49.4 Å². The lowest BCUT2D eigenvalue weighted by atomic mass is 10.1. The Balaban J connectivity index is 2.40. The molecule has 0 spiro atoms. The Hall–Kier alpha value is -0.770. The SMILES string of the molecule is C[C@H](NC(=O)CCl)C(=O)N1CCCCC1. The van der Waals surface area contributed by atoms with E-state index in [0.717, 1.165) is 25.9 Å². The Morgan fingerprint density at radius 2 is 1.93 bits per heavy atom. The first-order valence-corrected chi connectivity index (χ1v) is 5.82. The van der Waals surface area contributed by atoms with E-state index in [-0.39, 0.29) is 17.7 Å². The summed E-state index contributed by atoms with van der Waals surface area (Å²) in [5, 5.41) is 2.56. The summed E-state index contributed by atoms with van der Waals surface area (Å²) >= 11 is 5.35. The number of amides is 2. The molecule has 0 aliphatic carbocycles. The fourth-order valence-electron chi connectivity index (χ4n) is 1.73. The number of hydrogen-bond donors (Lipinski definition) is 1. The highest BCUT2D eigenvalue weighted by Crippen LogP contribution is 2.09. The highest BCUT2D eigenvalue weighted by Gasteiger charge is 2.22. The van der Waals surface area contributed by atoms with Gasteiger partial charge in [0.05, 0.1) is 0 Å². The predicted octanol–water partition coefficient (Wildman–Crippen LogP) is 0.742. The molecular formula is C10H17ClN2O2. The zero-order valence-corrected chi connectivity index (χ0v) is 9.72. The lowest BCUT2D eigenvalue weighted by Gasteiger charge is -2.29. The third kappa shape index (κ3) is 3.70. The van der Waals surface area contributed by atoms with Gasteiger partial charge in [0.1, 0.15) is 11.9 Å². The molecule has 1 fully saturated rings. The maximum Gasteiger partial charge on any atom is 0.244 e. The smallest absolute Gasteiger partial charge is 0.244 e. The average molecular weight is 233 g/mol. The minimum absolute atomic E-state index is 0.00633. The number of nitrogens with one attached hydrogen (secondary N) is 1. The first kappa shape index (κ1) is 12.3. The molecule has 4 nitrogen and oxygen atoms in total. The molecule has 1 N–H and O–H groups in total. The minimum atomic E-state index is -0.464. The van der Waals surface area contributed by atoms with Crippen molar-refractivity contribution in [2.45, 2.75) is 32.2 Å². The van der Waals surface area contributed by atoms with Crippen molar-refractivity contribution in [1.82, 2.24) is 10.2 Å². The minimum Gasteiger partial charge on any atom is -0.344 e. The van der Waals surface area contributed by atoms with Crippen LogP contribution in [0.2, 0.25) is 0 Å². The number of halogens is 1. The molecule has 0 aromatic heterocycles. The highest BCUT2D eigenvalue weighted by molar-refractivity contribution is 6.27. The molecule has 1 aliphatic heterocycles. The maximum atomic E-state index is 11.8. The summed E-state index contributed by atoms with van der Waals surface area (Å²) < 4.78 is 0. The lowest BCUT2D eigenvalue weighted by molar-refractivity contribution is -0.136. The van der Waals surface area contributed by atoms with Crippen molar-refractivity contribution in [2.24, 2.45) is 0 Å². The van der Waals surface area contributed by atoms with Crippen molar-refractivity contribution in [3.8, 4) is 0 Å². The van der Waals surface area contributed by atoms with E-state index in [1.54, 1.807) is 6.92 Å². The van der Waals surface area contributed by atoms with E-state index in [0.29, 0.717) is 0 Å². The Bertz CT molecular complexity index is 240. The highest BCUT2D eigenvalue weighted by atomic mass is 35.5. The quantitative estimate of drug-likeness (QED) is 0.730. The number of carbonyl (C=O) groups excluding carboxylic acids is 2. The van der Waals surface area contributed by atoms with Crippen molar-refractivity contribution in [1.29, 1.82) is 0 Å². The van der Waals surface area contributed by atoms with E-state index in [4.69, 9.17) is 11.6 Å². The molecule has 2 amide bonds. The number of alkyl halides is 1. The van der Waals surface area contributed by atoms with Crippen molar-refractivity contribution < 1.29 is 9.59 Å². The molecule has 0 aromatic rings. The molecule has 0 saturated carbocycles. The maximum absolute atomic E-state index is 11.8. The van der Waals surface area contributed by atoms with Crippen LogP contribution in [0, 0.1) is 0 Å². The third-order valence-electron chi connectivity index (χ3n) is 2.54. The monoisotopic (exact) mass is 232 g/mol. The van der Waals surface area contributed by atoms with Crippen LogP contribution in [0.4, 0.5) is 0 Å². The second-order valence-electron chi connectivity index (χ2n) is 3.81. The molecular weight excluding hydrogens is 216 g/mol. The van der Waals surface area contributed by atoms with Crippen LogP contribution in [0.25, 0.3) is 0 Å². The molecule has 0 unspecified atom stereocenters. The van der Waals surface area contributed by atoms with Gasteiger partial charge >= 0.3 is 0 Å². The fourth-order valence-corrected chi connectivity index (χ4v) is 1.81. The second-order valence-corrected chi connectivity index (χ2v) is 4.08. The summed E-state index contributed by atoms with van der Waals surface area (Å²) in [5.74, 6) is -0.403. The Morgan fingerprint density at radius 1 is 1.33 bits per heavy atom. The van der Waals surface area contributed by atoms with Gasteiger partial charge in [-0.2, -0.15) is 0 Å². The zero-order valence-electron chi connectivity index (χ0n) is 8.96. The van der Waals surface area contributed by atoms with Crippen LogP contribution >= 0.6 is 11.6 Å². The van der Waals surface area contributed by atoms with E-state index in [9.17, 15) is 9.59 Å². The molecule has 1 heterocycles. The van der Waals surface area contributed by atoms with Gasteiger partial charge in [-0.3, -0.25) is 9.59 Å². The van der Waals surface area contributed by atoms with Crippen LogP contribution in [0.3, 0.4) is 0 Å². The molecule has 1 rings (SSSR count). The lowest BCUT2D eigenvalue weighted by Crippen LogP contribution is -2.48. The Labute approximate surface area is 95.0 Å². The molecule has 0 radical (unpaired) electrons. The van der Waals surface area contributed by atoms with Crippen molar-refractivity contribution in [2.75, 3.05) is 19.0 Å².